The van der Waals surface area contributed by atoms with Crippen molar-refractivity contribution >= 4 is 11.6 Å². The minimum absolute atomic E-state index is 0.000430. The van der Waals surface area contributed by atoms with Crippen molar-refractivity contribution in [1.29, 1.82) is 0 Å². The summed E-state index contributed by atoms with van der Waals surface area (Å²) in [5.74, 6) is -2.54. The van der Waals surface area contributed by atoms with E-state index in [2.05, 4.69) is 20.5 Å². The van der Waals surface area contributed by atoms with Crippen LogP contribution in [0.3, 0.4) is 0 Å². The molecule has 1 amide bonds. The summed E-state index contributed by atoms with van der Waals surface area (Å²) in [4.78, 5) is 30.0. The highest BCUT2D eigenvalue weighted by atomic mass is 19.4. The van der Waals surface area contributed by atoms with Gasteiger partial charge < -0.3 is 5.32 Å². The molecular weight excluding hydrogens is 473 g/mol. The molecular formula is C23H16F5N5O2. The third-order valence-corrected chi connectivity index (χ3v) is 7.14. The van der Waals surface area contributed by atoms with Crippen LogP contribution in [0.25, 0.3) is 11.1 Å². The number of anilines is 1. The molecule has 0 saturated carbocycles. The number of carbonyl (C=O) groups is 1. The van der Waals surface area contributed by atoms with E-state index in [1.807, 2.05) is 4.90 Å². The number of amides is 1. The molecule has 0 bridgehead atoms. The smallest absolute Gasteiger partial charge is 0.322 e. The topological polar surface area (TPSA) is 91.0 Å². The number of alkyl halides is 3. The molecule has 2 fully saturated rings. The first-order valence-corrected chi connectivity index (χ1v) is 10.8. The third-order valence-electron chi connectivity index (χ3n) is 7.14. The number of nitrogens with one attached hydrogen (secondary N) is 2. The van der Waals surface area contributed by atoms with Crippen LogP contribution < -0.4 is 10.9 Å². The van der Waals surface area contributed by atoms with Gasteiger partial charge in [-0.15, -0.1) is 0 Å². The fourth-order valence-corrected chi connectivity index (χ4v) is 5.65. The van der Waals surface area contributed by atoms with E-state index in [0.717, 1.165) is 23.9 Å². The molecule has 2 N–H and O–H groups in total. The quantitative estimate of drug-likeness (QED) is 0.434. The minimum atomic E-state index is -4.86. The van der Waals surface area contributed by atoms with E-state index in [4.69, 9.17) is 0 Å². The van der Waals surface area contributed by atoms with Gasteiger partial charge in [0, 0.05) is 23.9 Å². The molecule has 2 aromatic heterocycles. The minimum Gasteiger partial charge on any atom is -0.322 e. The molecule has 5 heterocycles. The van der Waals surface area contributed by atoms with E-state index in [1.165, 1.54) is 6.07 Å². The Morgan fingerprint density at radius 1 is 1.17 bits per heavy atom. The van der Waals surface area contributed by atoms with Crippen LogP contribution in [0.4, 0.5) is 27.6 Å². The average Bonchev–Trinajstić information content (AvgIpc) is 2.76. The highest BCUT2D eigenvalue weighted by Crippen LogP contribution is 2.61. The van der Waals surface area contributed by atoms with Crippen molar-refractivity contribution in [3.63, 3.8) is 0 Å². The van der Waals surface area contributed by atoms with E-state index in [0.29, 0.717) is 37.1 Å². The number of hydrogen-bond donors (Lipinski definition) is 2. The zero-order chi connectivity index (χ0) is 24.7. The second kappa shape index (κ2) is 7.17. The normalized spacial score (nSPS) is 24.6. The number of halogens is 5. The maximum Gasteiger partial charge on any atom is 0.417 e. The molecule has 1 aromatic carbocycles. The Labute approximate surface area is 194 Å². The average molecular weight is 489 g/mol. The lowest BCUT2D eigenvalue weighted by molar-refractivity contribution is -0.207. The standard InChI is InChI=1S/C23H16F5N5O2/c24-15-5-13(10-1-2-18(25)29-9-10)14(23(26,27)28)6-16(15)30-21(35)22-7-12-3-11-4-19(34)31-32-20(11)17(8-22)33(12)22/h1-2,4-6,9,12,17H,3,7-8H2,(H,30,35)(H,31,34). The number of H-pyrrole nitrogens is 1. The molecule has 7 nitrogen and oxygen atoms in total. The number of rotatable bonds is 3. The molecule has 0 aliphatic carbocycles. The van der Waals surface area contributed by atoms with Crippen LogP contribution in [-0.2, 0) is 17.4 Å². The van der Waals surface area contributed by atoms with Crippen molar-refractivity contribution in [2.45, 2.75) is 43.1 Å². The number of carbonyl (C=O) groups excluding carboxylic acids is 1. The zero-order valence-corrected chi connectivity index (χ0v) is 17.8. The third kappa shape index (κ3) is 3.19. The van der Waals surface area contributed by atoms with Gasteiger partial charge in [0.05, 0.1) is 23.0 Å². The molecule has 180 valence electrons. The van der Waals surface area contributed by atoms with Gasteiger partial charge in [0.2, 0.25) is 11.9 Å². The maximum absolute atomic E-state index is 14.9. The first-order chi connectivity index (χ1) is 16.6. The Balaban J connectivity index is 1.29. The summed E-state index contributed by atoms with van der Waals surface area (Å²) in [6.07, 6.45) is -2.65. The van der Waals surface area contributed by atoms with Crippen LogP contribution in [0, 0.1) is 11.8 Å². The molecule has 0 radical (unpaired) electrons. The summed E-state index contributed by atoms with van der Waals surface area (Å²) in [7, 11) is 0. The van der Waals surface area contributed by atoms with Gasteiger partial charge >= 0.3 is 6.18 Å². The van der Waals surface area contributed by atoms with Crippen molar-refractivity contribution in [1.82, 2.24) is 20.1 Å². The van der Waals surface area contributed by atoms with Crippen molar-refractivity contribution in [2.75, 3.05) is 5.32 Å². The van der Waals surface area contributed by atoms with Gasteiger partial charge in [-0.05, 0) is 54.7 Å². The fourth-order valence-electron chi connectivity index (χ4n) is 5.65. The van der Waals surface area contributed by atoms with Crippen LogP contribution >= 0.6 is 0 Å². The summed E-state index contributed by atoms with van der Waals surface area (Å²) in [5, 5.41) is 8.84. The molecule has 2 saturated heterocycles. The fraction of sp³-hybridized carbons (Fsp3) is 0.304. The van der Waals surface area contributed by atoms with Gasteiger partial charge in [0.25, 0.3) is 5.56 Å². The van der Waals surface area contributed by atoms with Crippen LogP contribution in [0.2, 0.25) is 0 Å². The number of fused-ring (bicyclic) bond motifs is 2. The van der Waals surface area contributed by atoms with Gasteiger partial charge in [-0.25, -0.2) is 14.5 Å². The number of aromatic amines is 1. The van der Waals surface area contributed by atoms with Crippen LogP contribution in [-0.4, -0.2) is 37.6 Å². The SMILES string of the molecule is O=C(Nc1cc(C(F)(F)F)c(-c2ccc(F)nc2)cc1F)C12CC3Cc4cc(=O)[nH]nc4C(C1)N32. The van der Waals surface area contributed by atoms with Gasteiger partial charge in [-0.2, -0.15) is 22.7 Å². The number of benzene rings is 1. The first-order valence-electron chi connectivity index (χ1n) is 10.8. The molecule has 3 aliphatic rings. The molecule has 35 heavy (non-hydrogen) atoms. The van der Waals surface area contributed by atoms with E-state index in [-0.39, 0.29) is 23.2 Å². The molecule has 3 aromatic rings. The number of aromatic nitrogens is 3. The monoisotopic (exact) mass is 489 g/mol. The Hall–Kier alpha value is -3.67. The van der Waals surface area contributed by atoms with Crippen molar-refractivity contribution in [2.24, 2.45) is 0 Å². The number of piperidine rings is 1. The van der Waals surface area contributed by atoms with Crippen LogP contribution in [0.15, 0.2) is 41.3 Å². The lowest BCUT2D eigenvalue weighted by Crippen LogP contribution is -2.81. The van der Waals surface area contributed by atoms with E-state index >= 15 is 0 Å². The molecule has 0 spiro atoms. The highest BCUT2D eigenvalue weighted by molar-refractivity contribution is 6.00. The number of hydrogen-bond acceptors (Lipinski definition) is 5. The molecule has 3 aliphatic heterocycles. The first kappa shape index (κ1) is 21.8. The predicted molar refractivity (Wildman–Crippen MR) is 112 cm³/mol. The maximum atomic E-state index is 14.9. The van der Waals surface area contributed by atoms with Crippen LogP contribution in [0.5, 0.6) is 0 Å². The second-order valence-corrected chi connectivity index (χ2v) is 9.06. The van der Waals surface area contributed by atoms with E-state index < -0.39 is 46.2 Å². The summed E-state index contributed by atoms with van der Waals surface area (Å²) in [6, 6.07) is 4.46. The Morgan fingerprint density at radius 2 is 1.97 bits per heavy atom. The van der Waals surface area contributed by atoms with Crippen molar-refractivity contribution in [3.8, 4) is 11.1 Å². The summed E-state index contributed by atoms with van der Waals surface area (Å²) >= 11 is 0. The lowest BCUT2D eigenvalue weighted by Gasteiger charge is -2.70. The van der Waals surface area contributed by atoms with Crippen molar-refractivity contribution < 1.29 is 26.7 Å². The molecule has 3 unspecified atom stereocenters. The van der Waals surface area contributed by atoms with E-state index in [9.17, 15) is 31.5 Å². The number of pyridine rings is 1. The molecule has 6 rings (SSSR count). The highest BCUT2D eigenvalue weighted by Gasteiger charge is 2.69. The Kier molecular flexibility index (Phi) is 4.47. The summed E-state index contributed by atoms with van der Waals surface area (Å²) < 4.78 is 69.4. The van der Waals surface area contributed by atoms with Gasteiger partial charge in [0.15, 0.2) is 0 Å². The molecule has 3 atom stereocenters. The Bertz CT molecular complexity index is 1440. The Morgan fingerprint density at radius 3 is 2.69 bits per heavy atom. The van der Waals surface area contributed by atoms with Crippen LogP contribution in [0.1, 0.15) is 35.7 Å². The largest absolute Gasteiger partial charge is 0.417 e. The number of nitrogens with zero attached hydrogens (tertiary/aromatic N) is 3. The molecule has 12 heteroatoms. The summed E-state index contributed by atoms with van der Waals surface area (Å²) in [5.41, 5.74) is -2.19. The zero-order valence-electron chi connectivity index (χ0n) is 17.8. The van der Waals surface area contributed by atoms with Crippen molar-refractivity contribution in [3.05, 3.63) is 75.5 Å². The summed E-state index contributed by atoms with van der Waals surface area (Å²) in [6.45, 7) is 0. The van der Waals surface area contributed by atoms with E-state index in [1.54, 1.807) is 0 Å². The van der Waals surface area contributed by atoms with Gasteiger partial charge in [-0.3, -0.25) is 14.5 Å². The lowest BCUT2D eigenvalue weighted by atomic mass is 9.59. The second-order valence-electron chi connectivity index (χ2n) is 9.06. The predicted octanol–water partition coefficient (Wildman–Crippen LogP) is 3.58. The van der Waals surface area contributed by atoms with Gasteiger partial charge in [0.1, 0.15) is 11.4 Å². The van der Waals surface area contributed by atoms with Gasteiger partial charge in [-0.1, -0.05) is 0 Å².